The number of carbonyl (C=O) groups excluding carboxylic acids is 1. The highest BCUT2D eigenvalue weighted by Crippen LogP contribution is 2.35. The van der Waals surface area contributed by atoms with Crippen LogP contribution < -0.4 is 28.7 Å². The Labute approximate surface area is 228 Å². The van der Waals surface area contributed by atoms with E-state index in [-0.39, 0.29) is 16.3 Å². The van der Waals surface area contributed by atoms with Gasteiger partial charge in [0.25, 0.3) is 15.9 Å². The summed E-state index contributed by atoms with van der Waals surface area (Å²) in [5.74, 6) is 1.08. The molecule has 3 rings (SSSR count). The minimum absolute atomic E-state index is 0.0152. The smallest absolute Gasteiger partial charge is 0.264 e. The molecule has 206 valence electrons. The van der Waals surface area contributed by atoms with Gasteiger partial charge in [0.2, 0.25) is 0 Å². The molecule has 0 heterocycles. The zero-order valence-corrected chi connectivity index (χ0v) is 22.8. The summed E-state index contributed by atoms with van der Waals surface area (Å²) in [7, 11) is -1.25. The fourth-order valence-electron chi connectivity index (χ4n) is 3.50. The van der Waals surface area contributed by atoms with Gasteiger partial charge < -0.3 is 18.9 Å². The molecule has 3 aromatic carbocycles. The number of amides is 1. The maximum Gasteiger partial charge on any atom is 0.264 e. The van der Waals surface area contributed by atoms with Gasteiger partial charge >= 0.3 is 0 Å². The molecule has 0 aromatic heterocycles. The molecule has 10 nitrogen and oxygen atoms in total. The third kappa shape index (κ3) is 7.51. The number of anilines is 1. The molecule has 1 amide bonds. The summed E-state index contributed by atoms with van der Waals surface area (Å²) < 4.78 is 50.0. The Bertz CT molecular complexity index is 1410. The van der Waals surface area contributed by atoms with E-state index in [0.717, 1.165) is 4.31 Å². The SMILES string of the molecule is C=CCOc1ccc(/C=N\NC(=O)CN(c2ccc(OC)cc2OC)S(=O)(=O)c2ccccc2)cc1OCC. The Morgan fingerprint density at radius 1 is 0.974 bits per heavy atom. The summed E-state index contributed by atoms with van der Waals surface area (Å²) >= 11 is 0. The van der Waals surface area contributed by atoms with E-state index in [9.17, 15) is 13.2 Å². The molecular formula is C28H31N3O7S. The number of benzene rings is 3. The largest absolute Gasteiger partial charge is 0.497 e. The van der Waals surface area contributed by atoms with Crippen LogP contribution in [-0.4, -0.2) is 54.5 Å². The van der Waals surface area contributed by atoms with E-state index < -0.39 is 22.5 Å². The fourth-order valence-corrected chi connectivity index (χ4v) is 4.95. The van der Waals surface area contributed by atoms with E-state index in [2.05, 4.69) is 17.1 Å². The van der Waals surface area contributed by atoms with Gasteiger partial charge in [-0.05, 0) is 55.0 Å². The number of hydrogen-bond acceptors (Lipinski definition) is 8. The molecule has 0 bridgehead atoms. The van der Waals surface area contributed by atoms with Crippen LogP contribution in [0.25, 0.3) is 0 Å². The van der Waals surface area contributed by atoms with Crippen LogP contribution in [0.1, 0.15) is 12.5 Å². The van der Waals surface area contributed by atoms with Crippen LogP contribution in [0.15, 0.2) is 89.4 Å². The number of hydrazone groups is 1. The van der Waals surface area contributed by atoms with Crippen LogP contribution in [-0.2, 0) is 14.8 Å². The molecule has 0 atom stereocenters. The van der Waals surface area contributed by atoms with Crippen molar-refractivity contribution in [3.8, 4) is 23.0 Å². The molecule has 0 radical (unpaired) electrons. The second-order valence-electron chi connectivity index (χ2n) is 7.89. The number of carbonyl (C=O) groups is 1. The molecule has 0 unspecified atom stereocenters. The van der Waals surface area contributed by atoms with Crippen LogP contribution >= 0.6 is 0 Å². The second kappa shape index (κ2) is 13.9. The van der Waals surface area contributed by atoms with Crippen molar-refractivity contribution in [3.05, 3.63) is 84.9 Å². The molecule has 11 heteroatoms. The van der Waals surface area contributed by atoms with Crippen molar-refractivity contribution < 1.29 is 32.2 Å². The van der Waals surface area contributed by atoms with Crippen molar-refractivity contribution in [3.63, 3.8) is 0 Å². The van der Waals surface area contributed by atoms with Crippen molar-refractivity contribution in [2.45, 2.75) is 11.8 Å². The summed E-state index contributed by atoms with van der Waals surface area (Å²) in [6.45, 7) is 5.68. The third-order valence-electron chi connectivity index (χ3n) is 5.30. The van der Waals surface area contributed by atoms with Gasteiger partial charge in [-0.25, -0.2) is 13.8 Å². The van der Waals surface area contributed by atoms with E-state index in [4.69, 9.17) is 18.9 Å². The highest BCUT2D eigenvalue weighted by Gasteiger charge is 2.29. The van der Waals surface area contributed by atoms with Crippen molar-refractivity contribution in [1.82, 2.24) is 5.43 Å². The van der Waals surface area contributed by atoms with Crippen LogP contribution in [0, 0.1) is 0 Å². The van der Waals surface area contributed by atoms with E-state index in [1.165, 1.54) is 44.7 Å². The van der Waals surface area contributed by atoms with Crippen molar-refractivity contribution in [1.29, 1.82) is 0 Å². The fraction of sp³-hybridized carbons (Fsp3) is 0.214. The lowest BCUT2D eigenvalue weighted by molar-refractivity contribution is -0.119. The highest BCUT2D eigenvalue weighted by atomic mass is 32.2. The lowest BCUT2D eigenvalue weighted by atomic mass is 10.2. The van der Waals surface area contributed by atoms with Gasteiger partial charge in [-0.15, -0.1) is 0 Å². The number of hydrogen-bond donors (Lipinski definition) is 1. The lowest BCUT2D eigenvalue weighted by Crippen LogP contribution is -2.39. The molecule has 0 spiro atoms. The summed E-state index contributed by atoms with van der Waals surface area (Å²) in [4.78, 5) is 12.9. The van der Waals surface area contributed by atoms with Gasteiger partial charge in [0.05, 0.1) is 37.6 Å². The lowest BCUT2D eigenvalue weighted by Gasteiger charge is -2.25. The minimum Gasteiger partial charge on any atom is -0.497 e. The summed E-state index contributed by atoms with van der Waals surface area (Å²) in [5.41, 5.74) is 3.19. The first-order valence-electron chi connectivity index (χ1n) is 12.0. The van der Waals surface area contributed by atoms with Gasteiger partial charge in [-0.2, -0.15) is 5.10 Å². The highest BCUT2D eigenvalue weighted by molar-refractivity contribution is 7.92. The number of methoxy groups -OCH3 is 2. The normalized spacial score (nSPS) is 11.1. The standard InChI is InChI=1S/C28H31N3O7S/c1-5-16-38-25-15-12-21(17-27(25)37-6-2)19-29-30-28(32)20-31(39(33,34)23-10-8-7-9-11-23)24-14-13-22(35-3)18-26(24)36-4/h5,7-15,17-19H,1,6,16,20H2,2-4H3,(H,30,32)/b29-19-. The monoisotopic (exact) mass is 553 g/mol. The van der Waals surface area contributed by atoms with Gasteiger partial charge in [0.15, 0.2) is 11.5 Å². The first-order chi connectivity index (χ1) is 18.8. The quantitative estimate of drug-likeness (QED) is 0.182. The average Bonchev–Trinajstić information content (AvgIpc) is 2.95. The third-order valence-corrected chi connectivity index (χ3v) is 7.08. The molecule has 39 heavy (non-hydrogen) atoms. The molecule has 1 N–H and O–H groups in total. The Hall–Kier alpha value is -4.51. The van der Waals surface area contributed by atoms with Crippen molar-refractivity contribution in [2.24, 2.45) is 5.10 Å². The molecule has 0 saturated heterocycles. The number of nitrogens with zero attached hydrogens (tertiary/aromatic N) is 2. The molecule has 0 aliphatic carbocycles. The van der Waals surface area contributed by atoms with E-state index >= 15 is 0 Å². The summed E-state index contributed by atoms with van der Waals surface area (Å²) in [5, 5.41) is 4.00. The molecule has 0 saturated carbocycles. The van der Waals surface area contributed by atoms with E-state index in [1.54, 1.807) is 48.5 Å². The van der Waals surface area contributed by atoms with Crippen LogP contribution in [0.2, 0.25) is 0 Å². The zero-order valence-electron chi connectivity index (χ0n) is 22.0. The predicted molar refractivity (Wildman–Crippen MR) is 150 cm³/mol. The molecule has 0 aliphatic rings. The summed E-state index contributed by atoms with van der Waals surface area (Å²) in [6, 6.07) is 17.6. The van der Waals surface area contributed by atoms with E-state index in [0.29, 0.717) is 36.0 Å². The Balaban J connectivity index is 1.85. The minimum atomic E-state index is -4.14. The van der Waals surface area contributed by atoms with Crippen molar-refractivity contribution in [2.75, 3.05) is 38.3 Å². The number of rotatable bonds is 14. The van der Waals surface area contributed by atoms with Gasteiger partial charge in [0, 0.05) is 6.07 Å². The average molecular weight is 554 g/mol. The van der Waals surface area contributed by atoms with Gasteiger partial charge in [0.1, 0.15) is 24.7 Å². The van der Waals surface area contributed by atoms with Crippen LogP contribution in [0.4, 0.5) is 5.69 Å². The van der Waals surface area contributed by atoms with Crippen molar-refractivity contribution >= 4 is 27.8 Å². The number of ether oxygens (including phenoxy) is 4. The maximum absolute atomic E-state index is 13.6. The Morgan fingerprint density at radius 3 is 2.41 bits per heavy atom. The van der Waals surface area contributed by atoms with Crippen LogP contribution in [0.5, 0.6) is 23.0 Å². The number of sulfonamides is 1. The Morgan fingerprint density at radius 2 is 1.74 bits per heavy atom. The van der Waals surface area contributed by atoms with Gasteiger partial charge in [-0.1, -0.05) is 30.9 Å². The topological polar surface area (TPSA) is 116 Å². The maximum atomic E-state index is 13.6. The molecule has 0 fully saturated rings. The second-order valence-corrected chi connectivity index (χ2v) is 9.76. The number of nitrogens with one attached hydrogen (secondary N) is 1. The van der Waals surface area contributed by atoms with Crippen LogP contribution in [0.3, 0.4) is 0 Å². The van der Waals surface area contributed by atoms with Gasteiger partial charge in [-0.3, -0.25) is 9.10 Å². The summed E-state index contributed by atoms with van der Waals surface area (Å²) in [6.07, 6.45) is 3.05. The van der Waals surface area contributed by atoms with E-state index in [1.807, 2.05) is 6.92 Å². The predicted octanol–water partition coefficient (Wildman–Crippen LogP) is 4.01. The first kappa shape index (κ1) is 29.1. The molecular weight excluding hydrogens is 522 g/mol. The molecule has 0 aliphatic heterocycles. The first-order valence-corrected chi connectivity index (χ1v) is 13.4. The molecule has 3 aromatic rings. The zero-order chi connectivity index (χ0) is 28.3. The Kier molecular flexibility index (Phi) is 10.3.